The van der Waals surface area contributed by atoms with Gasteiger partial charge in [0.05, 0.1) is 5.69 Å². The van der Waals surface area contributed by atoms with Crippen LogP contribution >= 0.6 is 11.6 Å². The molecule has 108 valence electrons. The van der Waals surface area contributed by atoms with Gasteiger partial charge in [-0.15, -0.1) is 0 Å². The van der Waals surface area contributed by atoms with E-state index in [1.54, 1.807) is 0 Å². The Kier molecular flexibility index (Phi) is 5.67. The van der Waals surface area contributed by atoms with Crippen LogP contribution in [0.1, 0.15) is 50.5 Å². The van der Waals surface area contributed by atoms with Gasteiger partial charge in [-0.1, -0.05) is 31.4 Å². The molecule has 4 nitrogen and oxygen atoms in total. The van der Waals surface area contributed by atoms with E-state index in [1.807, 2.05) is 0 Å². The van der Waals surface area contributed by atoms with Crippen molar-refractivity contribution in [1.82, 2.24) is 15.3 Å². The van der Waals surface area contributed by atoms with Gasteiger partial charge in [0.2, 0.25) is 0 Å². The number of nitrogens with zero attached hydrogens (tertiary/aromatic N) is 1. The number of aromatic nitrogens is 2. The summed E-state index contributed by atoms with van der Waals surface area (Å²) in [6.45, 7) is 3.15. The number of halogens is 1. The van der Waals surface area contributed by atoms with Crippen LogP contribution in [0.5, 0.6) is 0 Å². The van der Waals surface area contributed by atoms with E-state index in [9.17, 15) is 5.11 Å². The number of H-pyrrole nitrogens is 1. The molecule has 2 atom stereocenters. The lowest BCUT2D eigenvalue weighted by molar-refractivity contribution is 0.205. The first-order valence-electron chi connectivity index (χ1n) is 7.32. The second-order valence-electron chi connectivity index (χ2n) is 5.42. The standard InChI is InChI=1S/C14H24ClN3O/c1-2-3-7-13-17-12(14(15)18-13)8-16-11-6-4-5-10(11)9-19/h10-11,16,19H,2-9H2,1H3,(H,17,18). The average Bonchev–Trinajstić information content (AvgIpc) is 3.00. The van der Waals surface area contributed by atoms with Crippen LogP contribution in [0, 0.1) is 5.92 Å². The molecule has 1 aliphatic rings. The number of unbranched alkanes of at least 4 members (excludes halogenated alkanes) is 1. The highest BCUT2D eigenvalue weighted by Gasteiger charge is 2.26. The normalized spacial score (nSPS) is 23.1. The Labute approximate surface area is 120 Å². The van der Waals surface area contributed by atoms with Crippen molar-refractivity contribution in [1.29, 1.82) is 0 Å². The zero-order valence-corrected chi connectivity index (χ0v) is 12.3. The third-order valence-electron chi connectivity index (χ3n) is 3.98. The minimum Gasteiger partial charge on any atom is -0.396 e. The molecule has 5 heteroatoms. The largest absolute Gasteiger partial charge is 0.396 e. The van der Waals surface area contributed by atoms with Crippen molar-refractivity contribution in [2.45, 2.75) is 58.0 Å². The smallest absolute Gasteiger partial charge is 0.151 e. The van der Waals surface area contributed by atoms with Crippen molar-refractivity contribution in [3.8, 4) is 0 Å². The molecule has 1 saturated carbocycles. The Morgan fingerprint density at radius 2 is 2.32 bits per heavy atom. The number of nitrogens with one attached hydrogen (secondary N) is 2. The molecule has 1 aromatic heterocycles. The van der Waals surface area contributed by atoms with E-state index < -0.39 is 0 Å². The molecule has 0 aliphatic heterocycles. The zero-order chi connectivity index (χ0) is 13.7. The Morgan fingerprint density at radius 1 is 1.47 bits per heavy atom. The van der Waals surface area contributed by atoms with Gasteiger partial charge in [-0.3, -0.25) is 0 Å². The minimum absolute atomic E-state index is 0.274. The number of hydrogen-bond donors (Lipinski definition) is 3. The maximum atomic E-state index is 9.30. The molecule has 1 aromatic rings. The van der Waals surface area contributed by atoms with E-state index in [0.29, 0.717) is 23.7 Å². The van der Waals surface area contributed by atoms with Crippen LogP contribution in [-0.4, -0.2) is 27.7 Å². The maximum Gasteiger partial charge on any atom is 0.151 e. The van der Waals surface area contributed by atoms with Crippen molar-refractivity contribution >= 4 is 11.6 Å². The third-order valence-corrected chi connectivity index (χ3v) is 4.29. The predicted octanol–water partition coefficient (Wildman–Crippen LogP) is 2.66. The molecule has 2 rings (SSSR count). The zero-order valence-electron chi connectivity index (χ0n) is 11.6. The average molecular weight is 286 g/mol. The molecule has 1 fully saturated rings. The molecule has 2 unspecified atom stereocenters. The number of aryl methyl sites for hydroxylation is 1. The van der Waals surface area contributed by atoms with E-state index in [4.69, 9.17) is 11.6 Å². The summed E-state index contributed by atoms with van der Waals surface area (Å²) in [7, 11) is 0. The Hall–Kier alpha value is -0.580. The third kappa shape index (κ3) is 3.94. The molecule has 19 heavy (non-hydrogen) atoms. The molecule has 3 N–H and O–H groups in total. The minimum atomic E-state index is 0.274. The van der Waals surface area contributed by atoms with Crippen LogP contribution in [0.25, 0.3) is 0 Å². The monoisotopic (exact) mass is 285 g/mol. The van der Waals surface area contributed by atoms with Crippen LogP contribution in [0.15, 0.2) is 0 Å². The van der Waals surface area contributed by atoms with Gasteiger partial charge in [0.1, 0.15) is 5.82 Å². The van der Waals surface area contributed by atoms with Crippen molar-refractivity contribution < 1.29 is 5.11 Å². The molecular formula is C14H24ClN3O. The van der Waals surface area contributed by atoms with Gasteiger partial charge >= 0.3 is 0 Å². The van der Waals surface area contributed by atoms with E-state index in [2.05, 4.69) is 22.2 Å². The molecular weight excluding hydrogens is 262 g/mol. The second-order valence-corrected chi connectivity index (χ2v) is 5.78. The fourth-order valence-corrected chi connectivity index (χ4v) is 2.99. The van der Waals surface area contributed by atoms with E-state index in [0.717, 1.165) is 43.6 Å². The maximum absolute atomic E-state index is 9.30. The SMILES string of the molecule is CCCCc1nc(Cl)c(CNC2CCCC2CO)[nH]1. The first kappa shape index (κ1) is 14.8. The molecule has 0 saturated heterocycles. The van der Waals surface area contributed by atoms with Crippen LogP contribution in [0.4, 0.5) is 0 Å². The van der Waals surface area contributed by atoms with Gasteiger partial charge in [0.25, 0.3) is 0 Å². The molecule has 0 amide bonds. The summed E-state index contributed by atoms with van der Waals surface area (Å²) < 4.78 is 0. The van der Waals surface area contributed by atoms with Crippen molar-refractivity contribution in [3.63, 3.8) is 0 Å². The first-order chi connectivity index (χ1) is 9.24. The fourth-order valence-electron chi connectivity index (χ4n) is 2.78. The summed E-state index contributed by atoms with van der Waals surface area (Å²) in [5, 5.41) is 13.4. The molecule has 0 spiro atoms. The lowest BCUT2D eigenvalue weighted by Crippen LogP contribution is -2.33. The number of rotatable bonds is 7. The number of aliphatic hydroxyl groups excluding tert-OH is 1. The topological polar surface area (TPSA) is 60.9 Å². The highest BCUT2D eigenvalue weighted by molar-refractivity contribution is 6.30. The first-order valence-corrected chi connectivity index (χ1v) is 7.69. The van der Waals surface area contributed by atoms with Gasteiger partial charge < -0.3 is 15.4 Å². The summed E-state index contributed by atoms with van der Waals surface area (Å²) >= 11 is 6.15. The van der Waals surface area contributed by atoms with E-state index >= 15 is 0 Å². The predicted molar refractivity (Wildman–Crippen MR) is 77.3 cm³/mol. The van der Waals surface area contributed by atoms with Crippen LogP contribution in [-0.2, 0) is 13.0 Å². The molecule has 0 bridgehead atoms. The Morgan fingerprint density at radius 3 is 3.05 bits per heavy atom. The van der Waals surface area contributed by atoms with Gasteiger partial charge in [-0.25, -0.2) is 4.98 Å². The van der Waals surface area contributed by atoms with Crippen molar-refractivity contribution in [2.75, 3.05) is 6.61 Å². The summed E-state index contributed by atoms with van der Waals surface area (Å²) in [5.41, 5.74) is 0.969. The summed E-state index contributed by atoms with van der Waals surface area (Å²) in [4.78, 5) is 7.66. The number of imidazole rings is 1. The van der Waals surface area contributed by atoms with E-state index in [-0.39, 0.29) is 6.61 Å². The highest BCUT2D eigenvalue weighted by Crippen LogP contribution is 2.25. The van der Waals surface area contributed by atoms with Gasteiger partial charge in [0, 0.05) is 25.6 Å². The quantitative estimate of drug-likeness (QED) is 0.722. The molecule has 0 aromatic carbocycles. The number of hydrogen-bond acceptors (Lipinski definition) is 3. The van der Waals surface area contributed by atoms with Crippen LogP contribution < -0.4 is 5.32 Å². The van der Waals surface area contributed by atoms with Gasteiger partial charge in [-0.05, 0) is 25.2 Å². The number of aliphatic hydroxyl groups is 1. The van der Waals surface area contributed by atoms with Crippen molar-refractivity contribution in [2.24, 2.45) is 5.92 Å². The lowest BCUT2D eigenvalue weighted by Gasteiger charge is -2.18. The lowest BCUT2D eigenvalue weighted by atomic mass is 10.1. The van der Waals surface area contributed by atoms with E-state index in [1.165, 1.54) is 6.42 Å². The summed E-state index contributed by atoms with van der Waals surface area (Å²) in [6, 6.07) is 0.406. The number of aromatic amines is 1. The second kappa shape index (κ2) is 7.27. The summed E-state index contributed by atoms with van der Waals surface area (Å²) in [6.07, 6.45) is 6.70. The van der Waals surface area contributed by atoms with Crippen LogP contribution in [0.2, 0.25) is 5.15 Å². The summed E-state index contributed by atoms with van der Waals surface area (Å²) in [5.74, 6) is 1.37. The Bertz CT molecular complexity index is 394. The van der Waals surface area contributed by atoms with Gasteiger partial charge in [0.15, 0.2) is 5.15 Å². The van der Waals surface area contributed by atoms with Crippen LogP contribution in [0.3, 0.4) is 0 Å². The molecule has 0 radical (unpaired) electrons. The van der Waals surface area contributed by atoms with Crippen molar-refractivity contribution in [3.05, 3.63) is 16.7 Å². The highest BCUT2D eigenvalue weighted by atomic mass is 35.5. The molecule has 1 aliphatic carbocycles. The Balaban J connectivity index is 1.86. The van der Waals surface area contributed by atoms with Gasteiger partial charge in [-0.2, -0.15) is 0 Å². The molecule has 1 heterocycles. The fraction of sp³-hybridized carbons (Fsp3) is 0.786.